The van der Waals surface area contributed by atoms with E-state index in [1.165, 1.54) is 5.56 Å². The van der Waals surface area contributed by atoms with Gasteiger partial charge in [0, 0.05) is 20.2 Å². The Bertz CT molecular complexity index is 429. The average Bonchev–Trinajstić information content (AvgIpc) is 2.52. The van der Waals surface area contributed by atoms with Crippen LogP contribution in [0.4, 0.5) is 0 Å². The van der Waals surface area contributed by atoms with Gasteiger partial charge in [-0.15, -0.1) is 0 Å². The van der Waals surface area contributed by atoms with Crippen LogP contribution in [-0.2, 0) is 14.3 Å². The first-order chi connectivity index (χ1) is 10.2. The largest absolute Gasteiger partial charge is 0.480 e. The van der Waals surface area contributed by atoms with Gasteiger partial charge in [-0.3, -0.25) is 4.90 Å². The number of piperidine rings is 1. The van der Waals surface area contributed by atoms with Crippen molar-refractivity contribution >= 4 is 5.97 Å². The molecule has 1 aromatic rings. The second kappa shape index (κ2) is 8.12. The molecule has 0 radical (unpaired) electrons. The minimum absolute atomic E-state index is 0.0521. The van der Waals surface area contributed by atoms with Gasteiger partial charge in [0.15, 0.2) is 0 Å². The maximum atomic E-state index is 10.5. The number of carboxylic acid groups (broad SMARTS) is 1. The molecule has 1 aliphatic rings. The molecule has 5 heteroatoms. The van der Waals surface area contributed by atoms with Gasteiger partial charge in [-0.1, -0.05) is 30.3 Å². The molecule has 1 aliphatic heterocycles. The van der Waals surface area contributed by atoms with Crippen molar-refractivity contribution in [3.8, 4) is 0 Å². The summed E-state index contributed by atoms with van der Waals surface area (Å²) in [7, 11) is 1.72. The molecule has 2 rings (SSSR count). The standard InChI is InChI=1S/C16H23NO4/c1-20-11-15(13-5-3-2-4-6-13)17-9-7-14(8-10-17)21-12-16(18)19/h2-6,14-15H,7-12H2,1H3,(H,18,19). The summed E-state index contributed by atoms with van der Waals surface area (Å²) in [6.45, 7) is 2.25. The van der Waals surface area contributed by atoms with Crippen molar-refractivity contribution in [3.05, 3.63) is 35.9 Å². The highest BCUT2D eigenvalue weighted by atomic mass is 16.5. The van der Waals surface area contributed by atoms with Gasteiger partial charge in [-0.05, 0) is 18.4 Å². The summed E-state index contributed by atoms with van der Waals surface area (Å²) in [6, 6.07) is 10.6. The molecule has 0 aliphatic carbocycles. The lowest BCUT2D eigenvalue weighted by molar-refractivity contribution is -0.145. The fourth-order valence-corrected chi connectivity index (χ4v) is 2.79. The molecular weight excluding hydrogens is 270 g/mol. The van der Waals surface area contributed by atoms with E-state index in [4.69, 9.17) is 14.6 Å². The van der Waals surface area contributed by atoms with E-state index in [2.05, 4.69) is 17.0 Å². The van der Waals surface area contributed by atoms with Crippen LogP contribution in [0.2, 0.25) is 0 Å². The average molecular weight is 293 g/mol. The van der Waals surface area contributed by atoms with Gasteiger partial charge >= 0.3 is 5.97 Å². The van der Waals surface area contributed by atoms with Crippen LogP contribution in [-0.4, -0.2) is 55.5 Å². The predicted octanol–water partition coefficient (Wildman–Crippen LogP) is 1.94. The highest BCUT2D eigenvalue weighted by Gasteiger charge is 2.26. The molecule has 5 nitrogen and oxygen atoms in total. The maximum absolute atomic E-state index is 10.5. The molecule has 0 bridgehead atoms. The summed E-state index contributed by atoms with van der Waals surface area (Å²) in [6.07, 6.45) is 1.78. The first-order valence-electron chi connectivity index (χ1n) is 7.32. The summed E-state index contributed by atoms with van der Waals surface area (Å²) < 4.78 is 10.7. The second-order valence-corrected chi connectivity index (χ2v) is 5.32. The number of methoxy groups -OCH3 is 1. The number of benzene rings is 1. The SMILES string of the molecule is COCC(c1ccccc1)N1CCC(OCC(=O)O)CC1. The van der Waals surface area contributed by atoms with Crippen LogP contribution in [0.15, 0.2) is 30.3 Å². The Morgan fingerprint density at radius 1 is 1.33 bits per heavy atom. The first kappa shape index (κ1) is 15.9. The highest BCUT2D eigenvalue weighted by molar-refractivity contribution is 5.68. The third-order valence-corrected chi connectivity index (χ3v) is 3.87. The van der Waals surface area contributed by atoms with Crippen LogP contribution in [0, 0.1) is 0 Å². The fourth-order valence-electron chi connectivity index (χ4n) is 2.79. The summed E-state index contributed by atoms with van der Waals surface area (Å²) in [5.74, 6) is -0.904. The van der Waals surface area contributed by atoms with Crippen molar-refractivity contribution in [2.75, 3.05) is 33.4 Å². The van der Waals surface area contributed by atoms with E-state index >= 15 is 0 Å². The van der Waals surface area contributed by atoms with Crippen molar-refractivity contribution < 1.29 is 19.4 Å². The Balaban J connectivity index is 1.90. The van der Waals surface area contributed by atoms with Crippen LogP contribution >= 0.6 is 0 Å². The van der Waals surface area contributed by atoms with E-state index in [9.17, 15) is 4.79 Å². The molecule has 1 aromatic carbocycles. The van der Waals surface area contributed by atoms with Crippen molar-refractivity contribution in [2.45, 2.75) is 25.0 Å². The third kappa shape index (κ3) is 4.81. The Labute approximate surface area is 125 Å². The summed E-state index contributed by atoms with van der Waals surface area (Å²) in [5, 5.41) is 8.65. The zero-order valence-corrected chi connectivity index (χ0v) is 12.4. The number of likely N-dealkylation sites (tertiary alicyclic amines) is 1. The van der Waals surface area contributed by atoms with Gasteiger partial charge in [0.1, 0.15) is 6.61 Å². The van der Waals surface area contributed by atoms with Gasteiger partial charge in [0.05, 0.1) is 18.8 Å². The topological polar surface area (TPSA) is 59.0 Å². The zero-order chi connectivity index (χ0) is 15.1. The normalized spacial score (nSPS) is 18.5. The molecule has 1 atom stereocenters. The number of carboxylic acids is 1. The number of ether oxygens (including phenoxy) is 2. The lowest BCUT2D eigenvalue weighted by Crippen LogP contribution is -2.41. The van der Waals surface area contributed by atoms with Crippen molar-refractivity contribution in [2.24, 2.45) is 0 Å². The number of aliphatic carboxylic acids is 1. The van der Waals surface area contributed by atoms with Crippen LogP contribution < -0.4 is 0 Å². The van der Waals surface area contributed by atoms with E-state index in [0.717, 1.165) is 25.9 Å². The number of hydrogen-bond donors (Lipinski definition) is 1. The summed E-state index contributed by atoms with van der Waals surface area (Å²) >= 11 is 0. The van der Waals surface area contributed by atoms with Crippen molar-refractivity contribution in [3.63, 3.8) is 0 Å². The lowest BCUT2D eigenvalue weighted by atomic mass is 10.0. The molecule has 1 N–H and O–H groups in total. The quantitative estimate of drug-likeness (QED) is 0.832. The Kier molecular flexibility index (Phi) is 6.17. The van der Waals surface area contributed by atoms with Gasteiger partial charge in [0.25, 0.3) is 0 Å². The smallest absolute Gasteiger partial charge is 0.329 e. The molecule has 21 heavy (non-hydrogen) atoms. The van der Waals surface area contributed by atoms with E-state index in [1.807, 2.05) is 18.2 Å². The summed E-state index contributed by atoms with van der Waals surface area (Å²) in [4.78, 5) is 12.9. The number of rotatable bonds is 7. The monoisotopic (exact) mass is 293 g/mol. The molecule has 0 saturated carbocycles. The van der Waals surface area contributed by atoms with E-state index in [0.29, 0.717) is 6.61 Å². The first-order valence-corrected chi connectivity index (χ1v) is 7.32. The fraction of sp³-hybridized carbons (Fsp3) is 0.562. The van der Waals surface area contributed by atoms with Crippen molar-refractivity contribution in [1.82, 2.24) is 4.90 Å². The third-order valence-electron chi connectivity index (χ3n) is 3.87. The summed E-state index contributed by atoms with van der Waals surface area (Å²) in [5.41, 5.74) is 1.25. The number of nitrogens with zero attached hydrogens (tertiary/aromatic N) is 1. The van der Waals surface area contributed by atoms with Crippen LogP contribution in [0.5, 0.6) is 0 Å². The molecule has 1 fully saturated rings. The van der Waals surface area contributed by atoms with Gasteiger partial charge in [-0.25, -0.2) is 4.79 Å². The second-order valence-electron chi connectivity index (χ2n) is 5.32. The molecule has 1 heterocycles. The van der Waals surface area contributed by atoms with Crippen LogP contribution in [0.1, 0.15) is 24.4 Å². The zero-order valence-electron chi connectivity index (χ0n) is 12.4. The Morgan fingerprint density at radius 3 is 2.57 bits per heavy atom. The molecule has 1 saturated heterocycles. The molecule has 0 aromatic heterocycles. The number of hydrogen-bond acceptors (Lipinski definition) is 4. The highest BCUT2D eigenvalue weighted by Crippen LogP contribution is 2.25. The molecule has 116 valence electrons. The lowest BCUT2D eigenvalue weighted by Gasteiger charge is -2.37. The minimum atomic E-state index is -0.904. The molecular formula is C16H23NO4. The van der Waals surface area contributed by atoms with Gasteiger partial charge < -0.3 is 14.6 Å². The predicted molar refractivity (Wildman–Crippen MR) is 79.2 cm³/mol. The van der Waals surface area contributed by atoms with Crippen LogP contribution in [0.3, 0.4) is 0 Å². The Morgan fingerprint density at radius 2 is 2.00 bits per heavy atom. The molecule has 1 unspecified atom stereocenters. The maximum Gasteiger partial charge on any atom is 0.329 e. The van der Waals surface area contributed by atoms with E-state index in [1.54, 1.807) is 7.11 Å². The van der Waals surface area contributed by atoms with E-state index < -0.39 is 5.97 Å². The number of carbonyl (C=O) groups is 1. The Hall–Kier alpha value is -1.43. The minimum Gasteiger partial charge on any atom is -0.480 e. The molecule has 0 spiro atoms. The van der Waals surface area contributed by atoms with Crippen LogP contribution in [0.25, 0.3) is 0 Å². The van der Waals surface area contributed by atoms with Gasteiger partial charge in [-0.2, -0.15) is 0 Å². The molecule has 0 amide bonds. The van der Waals surface area contributed by atoms with E-state index in [-0.39, 0.29) is 18.8 Å². The van der Waals surface area contributed by atoms with Gasteiger partial charge in [0.2, 0.25) is 0 Å². The van der Waals surface area contributed by atoms with Crippen molar-refractivity contribution in [1.29, 1.82) is 0 Å².